The Morgan fingerprint density at radius 2 is 1.25 bits per heavy atom. The van der Waals surface area contributed by atoms with E-state index in [1.807, 2.05) is 0 Å². The normalized spacial score (nSPS) is 10.9. The lowest BCUT2D eigenvalue weighted by Crippen LogP contribution is -2.41. The highest BCUT2D eigenvalue weighted by molar-refractivity contribution is 6.30. The highest BCUT2D eigenvalue weighted by Gasteiger charge is 2.30. The van der Waals surface area contributed by atoms with Crippen LogP contribution in [0.5, 0.6) is 0 Å². The number of benzene rings is 3. The number of carbonyl (C=O) groups is 3. The lowest BCUT2D eigenvalue weighted by Gasteiger charge is -2.11. The number of hydrogen-bond donors (Lipinski definition) is 3. The first kappa shape index (κ1) is 22.8. The van der Waals surface area contributed by atoms with Crippen LogP contribution in [0.2, 0.25) is 5.02 Å². The molecule has 0 aromatic heterocycles. The van der Waals surface area contributed by atoms with Gasteiger partial charge >= 0.3 is 6.18 Å². The van der Waals surface area contributed by atoms with Crippen molar-refractivity contribution in [1.29, 1.82) is 0 Å². The van der Waals surface area contributed by atoms with Gasteiger partial charge in [0.2, 0.25) is 0 Å². The van der Waals surface area contributed by atoms with Crippen molar-refractivity contribution in [2.75, 3.05) is 5.32 Å². The number of alkyl halides is 3. The van der Waals surface area contributed by atoms with Crippen molar-refractivity contribution in [3.05, 3.63) is 100 Å². The zero-order valence-electron chi connectivity index (χ0n) is 16.2. The number of anilines is 1. The molecule has 0 aliphatic carbocycles. The highest BCUT2D eigenvalue weighted by atomic mass is 35.5. The summed E-state index contributed by atoms with van der Waals surface area (Å²) in [5.74, 6) is -2.00. The van der Waals surface area contributed by atoms with Gasteiger partial charge in [-0.05, 0) is 60.7 Å². The molecular weight excluding hydrogens is 447 g/mol. The molecule has 3 N–H and O–H groups in total. The van der Waals surface area contributed by atoms with E-state index in [1.165, 1.54) is 54.6 Å². The molecule has 0 bridgehead atoms. The lowest BCUT2D eigenvalue weighted by molar-refractivity contribution is -0.137. The molecule has 3 aromatic rings. The number of rotatable bonds is 4. The summed E-state index contributed by atoms with van der Waals surface area (Å²) in [6.07, 6.45) is -4.58. The van der Waals surface area contributed by atoms with Gasteiger partial charge in [-0.15, -0.1) is 0 Å². The highest BCUT2D eigenvalue weighted by Crippen LogP contribution is 2.29. The van der Waals surface area contributed by atoms with Crippen molar-refractivity contribution in [2.45, 2.75) is 6.18 Å². The van der Waals surface area contributed by atoms with Crippen molar-refractivity contribution in [2.24, 2.45) is 0 Å². The van der Waals surface area contributed by atoms with Gasteiger partial charge in [0, 0.05) is 27.4 Å². The Labute approximate surface area is 185 Å². The SMILES string of the molecule is O=C(NNC(=O)c1cccc(NC(=O)c2cccc(C(F)(F)F)c2)c1)c1ccc(Cl)cc1. The molecule has 3 amide bonds. The first-order valence-corrected chi connectivity index (χ1v) is 9.46. The standard InChI is InChI=1S/C22H15ClF3N3O3/c23-17-9-7-13(8-10-17)20(31)28-29-21(32)15-4-2-6-18(12-15)27-19(30)14-3-1-5-16(11-14)22(24,25)26/h1-12H,(H,27,30)(H,28,31)(H,29,32). The third-order valence-electron chi connectivity index (χ3n) is 4.23. The smallest absolute Gasteiger partial charge is 0.322 e. The minimum Gasteiger partial charge on any atom is -0.322 e. The van der Waals surface area contributed by atoms with Gasteiger partial charge in [-0.3, -0.25) is 25.2 Å². The zero-order chi connectivity index (χ0) is 23.3. The summed E-state index contributed by atoms with van der Waals surface area (Å²) in [5.41, 5.74) is 3.91. The van der Waals surface area contributed by atoms with Crippen molar-refractivity contribution in [3.63, 3.8) is 0 Å². The topological polar surface area (TPSA) is 87.3 Å². The van der Waals surface area contributed by atoms with Crippen LogP contribution in [0.4, 0.5) is 18.9 Å². The minimum atomic E-state index is -4.58. The lowest BCUT2D eigenvalue weighted by atomic mass is 10.1. The molecule has 164 valence electrons. The molecule has 3 rings (SSSR count). The maximum atomic E-state index is 12.8. The van der Waals surface area contributed by atoms with Gasteiger partial charge < -0.3 is 5.32 Å². The van der Waals surface area contributed by atoms with E-state index in [0.717, 1.165) is 18.2 Å². The first-order valence-electron chi connectivity index (χ1n) is 9.08. The van der Waals surface area contributed by atoms with Crippen LogP contribution in [-0.2, 0) is 6.18 Å². The molecule has 0 atom stereocenters. The van der Waals surface area contributed by atoms with Gasteiger partial charge in [-0.1, -0.05) is 23.7 Å². The number of nitrogens with one attached hydrogen (secondary N) is 3. The fraction of sp³-hybridized carbons (Fsp3) is 0.0455. The molecule has 0 aliphatic heterocycles. The molecule has 0 saturated heterocycles. The van der Waals surface area contributed by atoms with Gasteiger partial charge in [0.1, 0.15) is 0 Å². The maximum Gasteiger partial charge on any atom is 0.416 e. The molecule has 3 aromatic carbocycles. The second-order valence-electron chi connectivity index (χ2n) is 6.53. The molecule has 0 fully saturated rings. The summed E-state index contributed by atoms with van der Waals surface area (Å²) in [6.45, 7) is 0. The van der Waals surface area contributed by atoms with Crippen LogP contribution < -0.4 is 16.2 Å². The van der Waals surface area contributed by atoms with Gasteiger partial charge in [-0.25, -0.2) is 0 Å². The Morgan fingerprint density at radius 3 is 1.88 bits per heavy atom. The van der Waals surface area contributed by atoms with E-state index in [2.05, 4.69) is 16.2 Å². The summed E-state index contributed by atoms with van der Waals surface area (Å²) in [6, 6.07) is 15.7. The molecule has 0 saturated carbocycles. The molecule has 32 heavy (non-hydrogen) atoms. The predicted octanol–water partition coefficient (Wildman–Crippen LogP) is 4.69. The Balaban J connectivity index is 1.64. The zero-order valence-corrected chi connectivity index (χ0v) is 16.9. The summed E-state index contributed by atoms with van der Waals surface area (Å²) >= 11 is 5.76. The van der Waals surface area contributed by atoms with Crippen LogP contribution in [0.15, 0.2) is 72.8 Å². The van der Waals surface area contributed by atoms with E-state index in [9.17, 15) is 27.6 Å². The van der Waals surface area contributed by atoms with E-state index < -0.39 is 29.5 Å². The van der Waals surface area contributed by atoms with Gasteiger partial charge in [0.15, 0.2) is 0 Å². The van der Waals surface area contributed by atoms with Crippen molar-refractivity contribution >= 4 is 35.0 Å². The maximum absolute atomic E-state index is 12.8. The quantitative estimate of drug-likeness (QED) is 0.493. The number of amides is 3. The van der Waals surface area contributed by atoms with Crippen molar-refractivity contribution in [1.82, 2.24) is 10.9 Å². The fourth-order valence-electron chi connectivity index (χ4n) is 2.64. The second-order valence-corrected chi connectivity index (χ2v) is 6.97. The van der Waals surface area contributed by atoms with Crippen LogP contribution in [0, 0.1) is 0 Å². The van der Waals surface area contributed by atoms with E-state index in [1.54, 1.807) is 0 Å². The molecule has 0 heterocycles. The largest absolute Gasteiger partial charge is 0.416 e. The van der Waals surface area contributed by atoms with Crippen LogP contribution in [-0.4, -0.2) is 17.7 Å². The van der Waals surface area contributed by atoms with Gasteiger partial charge in [0.05, 0.1) is 5.56 Å². The number of hydrogen-bond acceptors (Lipinski definition) is 3. The van der Waals surface area contributed by atoms with Crippen molar-refractivity contribution < 1.29 is 27.6 Å². The van der Waals surface area contributed by atoms with Crippen LogP contribution in [0.1, 0.15) is 36.6 Å². The van der Waals surface area contributed by atoms with E-state index in [4.69, 9.17) is 11.6 Å². The van der Waals surface area contributed by atoms with Crippen molar-refractivity contribution in [3.8, 4) is 0 Å². The Bertz CT molecular complexity index is 1160. The number of halogens is 4. The molecule has 10 heteroatoms. The van der Waals surface area contributed by atoms with E-state index in [-0.39, 0.29) is 22.4 Å². The predicted molar refractivity (Wildman–Crippen MR) is 112 cm³/mol. The third kappa shape index (κ3) is 5.86. The molecular formula is C22H15ClF3N3O3. The first-order chi connectivity index (χ1) is 15.1. The molecule has 0 aliphatic rings. The summed E-state index contributed by atoms with van der Waals surface area (Å²) in [4.78, 5) is 36.7. The molecule has 0 radical (unpaired) electrons. The molecule has 6 nitrogen and oxygen atoms in total. The van der Waals surface area contributed by atoms with E-state index >= 15 is 0 Å². The third-order valence-corrected chi connectivity index (χ3v) is 4.48. The van der Waals surface area contributed by atoms with Crippen LogP contribution in [0.3, 0.4) is 0 Å². The Hall–Kier alpha value is -3.85. The van der Waals surface area contributed by atoms with Gasteiger partial charge in [-0.2, -0.15) is 13.2 Å². The molecule has 0 spiro atoms. The average Bonchev–Trinajstić information content (AvgIpc) is 2.77. The summed E-state index contributed by atoms with van der Waals surface area (Å²) in [5, 5.41) is 2.90. The average molecular weight is 462 g/mol. The number of hydrazine groups is 1. The van der Waals surface area contributed by atoms with Crippen LogP contribution in [0.25, 0.3) is 0 Å². The minimum absolute atomic E-state index is 0.100. The number of carbonyl (C=O) groups excluding carboxylic acids is 3. The molecule has 0 unspecified atom stereocenters. The monoisotopic (exact) mass is 461 g/mol. The summed E-state index contributed by atoms with van der Waals surface area (Å²) < 4.78 is 38.5. The van der Waals surface area contributed by atoms with Crippen LogP contribution >= 0.6 is 11.6 Å². The van der Waals surface area contributed by atoms with E-state index in [0.29, 0.717) is 5.02 Å². The summed E-state index contributed by atoms with van der Waals surface area (Å²) in [7, 11) is 0. The van der Waals surface area contributed by atoms with Gasteiger partial charge in [0.25, 0.3) is 17.7 Å². The fourth-order valence-corrected chi connectivity index (χ4v) is 2.76. The Kier molecular flexibility index (Phi) is 6.79. The Morgan fingerprint density at radius 1 is 0.688 bits per heavy atom. The second kappa shape index (κ2) is 9.52.